The topological polar surface area (TPSA) is 35.5 Å². The molecule has 0 unspecified atom stereocenters. The Kier molecular flexibility index (Phi) is 5.88. The fraction of sp³-hybridized carbons (Fsp3) is 0.286. The van der Waals surface area contributed by atoms with E-state index >= 15 is 0 Å². The van der Waals surface area contributed by atoms with Crippen molar-refractivity contribution in [2.24, 2.45) is 0 Å². The molecule has 0 aliphatic rings. The van der Waals surface area contributed by atoms with E-state index in [-0.39, 0.29) is 5.31 Å². The molecular weight excluding hydrogens is 247 g/mol. The highest BCUT2D eigenvalue weighted by Crippen LogP contribution is 2.54. The minimum atomic E-state index is -3.32. The van der Waals surface area contributed by atoms with Crippen molar-refractivity contribution in [3.63, 3.8) is 0 Å². The van der Waals surface area contributed by atoms with E-state index in [2.05, 4.69) is 18.4 Å². The van der Waals surface area contributed by atoms with Gasteiger partial charge in [-0.3, -0.25) is 4.57 Å². The molecule has 3 nitrogen and oxygen atoms in total. The molecule has 18 heavy (non-hydrogen) atoms. The summed E-state index contributed by atoms with van der Waals surface area (Å²) in [7, 11) is -3.32. The average Bonchev–Trinajstić information content (AvgIpc) is 2.37. The van der Waals surface area contributed by atoms with E-state index in [1.54, 1.807) is 13.8 Å². The first-order valence-corrected chi connectivity index (χ1v) is 7.32. The molecule has 0 heterocycles. The summed E-state index contributed by atoms with van der Waals surface area (Å²) in [6.45, 7) is 7.79. The van der Waals surface area contributed by atoms with Crippen LogP contribution in [-0.4, -0.2) is 13.2 Å². The van der Waals surface area contributed by atoms with Crippen LogP contribution in [0.15, 0.2) is 42.2 Å². The van der Waals surface area contributed by atoms with Gasteiger partial charge in [-0.25, -0.2) is 0 Å². The third-order valence-electron chi connectivity index (χ3n) is 2.05. The van der Waals surface area contributed by atoms with Crippen LogP contribution in [-0.2, 0) is 13.6 Å². The Morgan fingerprint density at radius 1 is 1.22 bits per heavy atom. The van der Waals surface area contributed by atoms with Gasteiger partial charge in [0.2, 0.25) is 0 Å². The van der Waals surface area contributed by atoms with Gasteiger partial charge in [-0.2, -0.15) is 0 Å². The van der Waals surface area contributed by atoms with Crippen molar-refractivity contribution in [1.82, 2.24) is 0 Å². The van der Waals surface area contributed by atoms with Crippen LogP contribution in [0.4, 0.5) is 0 Å². The van der Waals surface area contributed by atoms with Crippen molar-refractivity contribution in [3.05, 3.63) is 47.8 Å². The molecule has 1 rings (SSSR count). The Morgan fingerprint density at radius 3 is 2.28 bits per heavy atom. The summed E-state index contributed by atoms with van der Waals surface area (Å²) in [5.74, 6) is 5.64. The Bertz CT molecular complexity index is 487. The van der Waals surface area contributed by atoms with Gasteiger partial charge in [0.05, 0.1) is 13.2 Å². The van der Waals surface area contributed by atoms with Gasteiger partial charge in [0.25, 0.3) is 0 Å². The van der Waals surface area contributed by atoms with Crippen molar-refractivity contribution in [3.8, 4) is 11.8 Å². The minimum Gasteiger partial charge on any atom is -0.305 e. The van der Waals surface area contributed by atoms with Gasteiger partial charge in [0.15, 0.2) is 0 Å². The first kappa shape index (κ1) is 14.7. The molecule has 96 valence electrons. The molecule has 0 bridgehead atoms. The molecule has 0 aromatic heterocycles. The minimum absolute atomic E-state index is 0.190. The Morgan fingerprint density at radius 2 is 1.78 bits per heavy atom. The second kappa shape index (κ2) is 7.18. The molecule has 1 aromatic rings. The van der Waals surface area contributed by atoms with Crippen LogP contribution in [0.3, 0.4) is 0 Å². The number of hydrogen-bond donors (Lipinski definition) is 0. The van der Waals surface area contributed by atoms with Crippen LogP contribution in [0, 0.1) is 11.8 Å². The Balaban J connectivity index is 2.87. The zero-order valence-corrected chi connectivity index (χ0v) is 11.6. The molecule has 0 aliphatic carbocycles. The standard InChI is InChI=1S/C14H17O3P/c1-4-16-18(15,17-5-2)13(3)11-12-14-9-7-6-8-10-14/h6-10H,3-5H2,1-2H3. The van der Waals surface area contributed by atoms with Gasteiger partial charge in [-0.05, 0) is 26.0 Å². The van der Waals surface area contributed by atoms with Crippen LogP contribution < -0.4 is 0 Å². The number of benzene rings is 1. The summed E-state index contributed by atoms with van der Waals surface area (Å²) in [4.78, 5) is 0. The van der Waals surface area contributed by atoms with Gasteiger partial charge < -0.3 is 9.05 Å². The fourth-order valence-electron chi connectivity index (χ4n) is 1.27. The van der Waals surface area contributed by atoms with E-state index in [1.807, 2.05) is 30.3 Å². The van der Waals surface area contributed by atoms with Crippen LogP contribution in [0.1, 0.15) is 19.4 Å². The van der Waals surface area contributed by atoms with Crippen LogP contribution in [0.5, 0.6) is 0 Å². The summed E-state index contributed by atoms with van der Waals surface area (Å²) in [6, 6.07) is 9.42. The molecule has 0 radical (unpaired) electrons. The molecule has 0 spiro atoms. The first-order chi connectivity index (χ1) is 8.62. The molecule has 4 heteroatoms. The summed E-state index contributed by atoms with van der Waals surface area (Å²) >= 11 is 0. The lowest BCUT2D eigenvalue weighted by Crippen LogP contribution is -1.96. The molecule has 0 amide bonds. The Hall–Kier alpha value is -1.33. The highest BCUT2D eigenvalue weighted by atomic mass is 31.2. The lowest BCUT2D eigenvalue weighted by atomic mass is 10.2. The SMILES string of the molecule is C=C(C#Cc1ccccc1)P(=O)(OCC)OCC. The Labute approximate surface area is 108 Å². The van der Waals surface area contributed by atoms with Crippen molar-refractivity contribution in [2.75, 3.05) is 13.2 Å². The highest BCUT2D eigenvalue weighted by Gasteiger charge is 2.26. The molecule has 0 atom stereocenters. The third-order valence-corrected chi connectivity index (χ3v) is 4.02. The number of allylic oxidation sites excluding steroid dienone is 1. The molecule has 0 N–H and O–H groups in total. The summed E-state index contributed by atoms with van der Waals surface area (Å²) in [5.41, 5.74) is 0.832. The van der Waals surface area contributed by atoms with Crippen molar-refractivity contribution in [2.45, 2.75) is 13.8 Å². The molecule has 0 saturated carbocycles. The van der Waals surface area contributed by atoms with Crippen LogP contribution >= 0.6 is 7.60 Å². The first-order valence-electron chi connectivity index (χ1n) is 5.78. The fourth-order valence-corrected chi connectivity index (χ4v) is 2.53. The average molecular weight is 264 g/mol. The predicted octanol–water partition coefficient (Wildman–Crippen LogP) is 3.82. The summed E-state index contributed by atoms with van der Waals surface area (Å²) in [5, 5.41) is 0.190. The van der Waals surface area contributed by atoms with E-state index in [9.17, 15) is 4.57 Å². The maximum Gasteiger partial charge on any atom is 0.369 e. The van der Waals surface area contributed by atoms with Gasteiger partial charge in [0, 0.05) is 5.56 Å². The zero-order valence-electron chi connectivity index (χ0n) is 10.7. The van der Waals surface area contributed by atoms with E-state index < -0.39 is 7.60 Å². The van der Waals surface area contributed by atoms with Crippen molar-refractivity contribution >= 4 is 7.60 Å². The predicted molar refractivity (Wildman–Crippen MR) is 73.3 cm³/mol. The lowest BCUT2D eigenvalue weighted by Gasteiger charge is -2.15. The lowest BCUT2D eigenvalue weighted by molar-refractivity contribution is 0.227. The molecule has 0 aliphatic heterocycles. The van der Waals surface area contributed by atoms with Gasteiger partial charge in [-0.1, -0.05) is 36.6 Å². The van der Waals surface area contributed by atoms with E-state index in [0.29, 0.717) is 13.2 Å². The van der Waals surface area contributed by atoms with Crippen molar-refractivity contribution in [1.29, 1.82) is 0 Å². The summed E-state index contributed by atoms with van der Waals surface area (Å²) in [6.07, 6.45) is 0. The highest BCUT2D eigenvalue weighted by molar-refractivity contribution is 7.58. The molecular formula is C14H17O3P. The molecule has 1 aromatic carbocycles. The third kappa shape index (κ3) is 4.16. The number of rotatable bonds is 5. The van der Waals surface area contributed by atoms with Crippen LogP contribution in [0.25, 0.3) is 0 Å². The second-order valence-electron chi connectivity index (χ2n) is 3.40. The molecule has 0 saturated heterocycles. The smallest absolute Gasteiger partial charge is 0.305 e. The number of hydrogen-bond acceptors (Lipinski definition) is 3. The quantitative estimate of drug-likeness (QED) is 0.599. The van der Waals surface area contributed by atoms with Gasteiger partial charge in [-0.15, -0.1) is 0 Å². The van der Waals surface area contributed by atoms with E-state index in [0.717, 1.165) is 5.56 Å². The zero-order chi connectivity index (χ0) is 13.4. The van der Waals surface area contributed by atoms with Gasteiger partial charge in [0.1, 0.15) is 5.31 Å². The monoisotopic (exact) mass is 264 g/mol. The van der Waals surface area contributed by atoms with E-state index in [4.69, 9.17) is 9.05 Å². The molecule has 0 fully saturated rings. The van der Waals surface area contributed by atoms with Gasteiger partial charge >= 0.3 is 7.60 Å². The van der Waals surface area contributed by atoms with Crippen molar-refractivity contribution < 1.29 is 13.6 Å². The summed E-state index contributed by atoms with van der Waals surface area (Å²) < 4.78 is 22.6. The largest absolute Gasteiger partial charge is 0.369 e. The maximum absolute atomic E-state index is 12.3. The van der Waals surface area contributed by atoms with E-state index in [1.165, 1.54) is 0 Å². The van der Waals surface area contributed by atoms with Crippen LogP contribution in [0.2, 0.25) is 0 Å². The second-order valence-corrected chi connectivity index (χ2v) is 5.45. The normalized spacial score (nSPS) is 10.6. The maximum atomic E-state index is 12.3.